The standard InChI is InChI=1S/C22H20ClN3O3S/c1-15-3-2-4-20(11-15)30(28,29)26-21-13-19(10-7-17(21)14-24-26)25-22(27)12-16-5-8-18(23)9-6-16/h2-11,13,24H,12,14H2,1H3,(H,25,27). The van der Waals surface area contributed by atoms with E-state index in [2.05, 4.69) is 10.7 Å². The van der Waals surface area contributed by atoms with Gasteiger partial charge in [0.05, 0.1) is 17.0 Å². The van der Waals surface area contributed by atoms with Crippen LogP contribution in [0.25, 0.3) is 0 Å². The lowest BCUT2D eigenvalue weighted by Gasteiger charge is -2.20. The molecule has 1 aliphatic rings. The third-order valence-corrected chi connectivity index (χ3v) is 6.71. The zero-order valence-electron chi connectivity index (χ0n) is 16.2. The van der Waals surface area contributed by atoms with Crippen molar-refractivity contribution in [1.82, 2.24) is 5.43 Å². The minimum atomic E-state index is -3.78. The molecule has 0 aromatic heterocycles. The van der Waals surface area contributed by atoms with Gasteiger partial charge in [-0.15, -0.1) is 0 Å². The van der Waals surface area contributed by atoms with Crippen LogP contribution in [0.15, 0.2) is 71.6 Å². The van der Waals surface area contributed by atoms with Crippen LogP contribution in [0, 0.1) is 6.92 Å². The molecule has 0 bridgehead atoms. The molecule has 0 saturated carbocycles. The molecule has 0 saturated heterocycles. The van der Waals surface area contributed by atoms with Crippen LogP contribution in [0.1, 0.15) is 16.7 Å². The van der Waals surface area contributed by atoms with Gasteiger partial charge in [-0.25, -0.2) is 5.43 Å². The van der Waals surface area contributed by atoms with Crippen LogP contribution in [-0.2, 0) is 27.8 Å². The summed E-state index contributed by atoms with van der Waals surface area (Å²) in [6, 6.07) is 19.1. The van der Waals surface area contributed by atoms with Gasteiger partial charge in [-0.05, 0) is 60.0 Å². The predicted molar refractivity (Wildman–Crippen MR) is 118 cm³/mol. The third kappa shape index (κ3) is 4.18. The Hall–Kier alpha value is -2.87. The number of nitrogens with zero attached hydrogens (tertiary/aromatic N) is 1. The average molecular weight is 442 g/mol. The van der Waals surface area contributed by atoms with E-state index in [1.54, 1.807) is 54.6 Å². The highest BCUT2D eigenvalue weighted by Gasteiger charge is 2.31. The molecule has 0 fully saturated rings. The SMILES string of the molecule is Cc1cccc(S(=O)(=O)N2NCc3ccc(NC(=O)Cc4ccc(Cl)cc4)cc32)c1. The number of benzene rings is 3. The minimum absolute atomic E-state index is 0.192. The number of sulfonamides is 1. The summed E-state index contributed by atoms with van der Waals surface area (Å²) in [6.45, 7) is 2.23. The molecule has 0 spiro atoms. The van der Waals surface area contributed by atoms with Gasteiger partial charge in [0.2, 0.25) is 5.91 Å². The number of nitrogens with one attached hydrogen (secondary N) is 2. The summed E-state index contributed by atoms with van der Waals surface area (Å²) in [5.41, 5.74) is 6.49. The second-order valence-electron chi connectivity index (χ2n) is 7.12. The first kappa shape index (κ1) is 20.4. The summed E-state index contributed by atoms with van der Waals surface area (Å²) in [6.07, 6.45) is 0.192. The normalized spacial score (nSPS) is 13.2. The molecular formula is C22H20ClN3O3S. The molecule has 154 valence electrons. The van der Waals surface area contributed by atoms with Crippen molar-refractivity contribution in [1.29, 1.82) is 0 Å². The lowest BCUT2D eigenvalue weighted by Crippen LogP contribution is -2.38. The highest BCUT2D eigenvalue weighted by atomic mass is 35.5. The van der Waals surface area contributed by atoms with E-state index >= 15 is 0 Å². The van der Waals surface area contributed by atoms with Crippen molar-refractivity contribution in [2.75, 3.05) is 9.73 Å². The number of fused-ring (bicyclic) bond motifs is 1. The van der Waals surface area contributed by atoms with Crippen LogP contribution in [-0.4, -0.2) is 14.3 Å². The Morgan fingerprint density at radius 3 is 2.60 bits per heavy atom. The number of halogens is 1. The highest BCUT2D eigenvalue weighted by molar-refractivity contribution is 7.92. The van der Waals surface area contributed by atoms with E-state index in [9.17, 15) is 13.2 Å². The molecule has 6 nitrogen and oxygen atoms in total. The first-order chi connectivity index (χ1) is 14.3. The Kier molecular flexibility index (Phi) is 5.51. The van der Waals surface area contributed by atoms with Crippen molar-refractivity contribution >= 4 is 38.9 Å². The molecule has 4 rings (SSSR count). The summed E-state index contributed by atoms with van der Waals surface area (Å²) in [7, 11) is -3.78. The maximum absolute atomic E-state index is 13.1. The first-order valence-corrected chi connectivity index (χ1v) is 11.2. The molecule has 0 aliphatic carbocycles. The number of carbonyl (C=O) groups is 1. The fourth-order valence-electron chi connectivity index (χ4n) is 3.31. The maximum atomic E-state index is 13.1. The Balaban J connectivity index is 1.55. The van der Waals surface area contributed by atoms with Gasteiger partial charge in [-0.1, -0.05) is 41.9 Å². The number of hydrazine groups is 1. The number of amides is 1. The Bertz CT molecular complexity index is 1210. The van der Waals surface area contributed by atoms with Crippen molar-refractivity contribution in [3.8, 4) is 0 Å². The molecule has 1 amide bonds. The largest absolute Gasteiger partial charge is 0.326 e. The quantitative estimate of drug-likeness (QED) is 0.626. The lowest BCUT2D eigenvalue weighted by molar-refractivity contribution is -0.115. The topological polar surface area (TPSA) is 78.5 Å². The first-order valence-electron chi connectivity index (χ1n) is 9.36. The van der Waals surface area contributed by atoms with Crippen LogP contribution in [0.4, 0.5) is 11.4 Å². The molecule has 2 N–H and O–H groups in total. The van der Waals surface area contributed by atoms with Crippen LogP contribution < -0.4 is 15.2 Å². The minimum Gasteiger partial charge on any atom is -0.326 e. The van der Waals surface area contributed by atoms with Crippen molar-refractivity contribution in [3.05, 3.63) is 88.4 Å². The molecule has 0 atom stereocenters. The number of hydrogen-bond donors (Lipinski definition) is 2. The van der Waals surface area contributed by atoms with E-state index in [4.69, 9.17) is 11.6 Å². The van der Waals surface area contributed by atoms with Crippen molar-refractivity contribution in [3.63, 3.8) is 0 Å². The van der Waals surface area contributed by atoms with Crippen LogP contribution in [0.2, 0.25) is 5.02 Å². The summed E-state index contributed by atoms with van der Waals surface area (Å²) in [4.78, 5) is 12.6. The van der Waals surface area contributed by atoms with Gasteiger partial charge < -0.3 is 5.32 Å². The molecule has 3 aromatic rings. The molecule has 3 aromatic carbocycles. The fourth-order valence-corrected chi connectivity index (χ4v) is 4.90. The monoisotopic (exact) mass is 441 g/mol. The molecule has 1 heterocycles. The van der Waals surface area contributed by atoms with Gasteiger partial charge in [-0.3, -0.25) is 4.79 Å². The lowest BCUT2D eigenvalue weighted by atomic mass is 10.1. The van der Waals surface area contributed by atoms with E-state index in [0.29, 0.717) is 22.9 Å². The summed E-state index contributed by atoms with van der Waals surface area (Å²) < 4.78 is 27.4. The average Bonchev–Trinajstić information content (AvgIpc) is 3.14. The van der Waals surface area contributed by atoms with E-state index in [0.717, 1.165) is 16.7 Å². The number of hydrogen-bond acceptors (Lipinski definition) is 4. The van der Waals surface area contributed by atoms with Crippen LogP contribution in [0.3, 0.4) is 0 Å². The summed E-state index contributed by atoms with van der Waals surface area (Å²) in [5.74, 6) is -0.198. The molecule has 8 heteroatoms. The van der Waals surface area contributed by atoms with Gasteiger partial charge in [0.25, 0.3) is 10.0 Å². The van der Waals surface area contributed by atoms with Crippen LogP contribution >= 0.6 is 11.6 Å². The second-order valence-corrected chi connectivity index (χ2v) is 9.34. The number of anilines is 2. The Morgan fingerprint density at radius 2 is 1.87 bits per heavy atom. The Labute approximate surface area is 180 Å². The molecule has 1 aliphatic heterocycles. The number of rotatable bonds is 5. The summed E-state index contributed by atoms with van der Waals surface area (Å²) in [5, 5.41) is 3.45. The zero-order valence-corrected chi connectivity index (χ0v) is 17.8. The zero-order chi connectivity index (χ0) is 21.3. The van der Waals surface area contributed by atoms with Crippen molar-refractivity contribution < 1.29 is 13.2 Å². The van der Waals surface area contributed by atoms with Gasteiger partial charge >= 0.3 is 0 Å². The molecule has 30 heavy (non-hydrogen) atoms. The number of aryl methyl sites for hydroxylation is 1. The van der Waals surface area contributed by atoms with Crippen molar-refractivity contribution in [2.45, 2.75) is 24.8 Å². The van der Waals surface area contributed by atoms with Crippen molar-refractivity contribution in [2.24, 2.45) is 0 Å². The van der Waals surface area contributed by atoms with Crippen LogP contribution in [0.5, 0.6) is 0 Å². The molecule has 0 radical (unpaired) electrons. The molecular weight excluding hydrogens is 422 g/mol. The third-order valence-electron chi connectivity index (χ3n) is 4.81. The van der Waals surface area contributed by atoms with E-state index in [1.807, 2.05) is 19.1 Å². The van der Waals surface area contributed by atoms with E-state index < -0.39 is 10.0 Å². The van der Waals surface area contributed by atoms with E-state index in [-0.39, 0.29) is 17.2 Å². The fraction of sp³-hybridized carbons (Fsp3) is 0.136. The molecule has 0 unspecified atom stereocenters. The summed E-state index contributed by atoms with van der Waals surface area (Å²) >= 11 is 5.88. The van der Waals surface area contributed by atoms with E-state index in [1.165, 1.54) is 4.41 Å². The Morgan fingerprint density at radius 1 is 1.10 bits per heavy atom. The van der Waals surface area contributed by atoms with Gasteiger partial charge in [0.15, 0.2) is 0 Å². The van der Waals surface area contributed by atoms with Gasteiger partial charge in [-0.2, -0.15) is 12.8 Å². The number of carbonyl (C=O) groups excluding carboxylic acids is 1. The second kappa shape index (κ2) is 8.10. The van der Waals surface area contributed by atoms with Gasteiger partial charge in [0.1, 0.15) is 0 Å². The van der Waals surface area contributed by atoms with Gasteiger partial charge in [0, 0.05) is 17.3 Å². The maximum Gasteiger partial charge on any atom is 0.277 e. The smallest absolute Gasteiger partial charge is 0.277 e. The highest BCUT2D eigenvalue weighted by Crippen LogP contribution is 2.33. The predicted octanol–water partition coefficient (Wildman–Crippen LogP) is 4.04.